The van der Waals surface area contributed by atoms with Crippen LogP contribution < -0.4 is 0 Å². The highest BCUT2D eigenvalue weighted by atomic mass is 16.2. The Morgan fingerprint density at radius 3 is 2.62 bits per heavy atom. The molecular weight excluding hydrogens is 198 g/mol. The number of carbonyl (C=O) groups excluding carboxylic acids is 1. The summed E-state index contributed by atoms with van der Waals surface area (Å²) in [6.45, 7) is 8.34. The minimum atomic E-state index is 0.0685. The van der Waals surface area contributed by atoms with Gasteiger partial charge < -0.3 is 4.90 Å². The molecule has 1 aromatic rings. The lowest BCUT2D eigenvalue weighted by molar-refractivity contribution is -0.126. The molecule has 0 bridgehead atoms. The van der Waals surface area contributed by atoms with Gasteiger partial charge in [0.25, 0.3) is 0 Å². The first kappa shape index (κ1) is 12.5. The van der Waals surface area contributed by atoms with E-state index in [0.29, 0.717) is 6.54 Å². The highest BCUT2D eigenvalue weighted by Crippen LogP contribution is 2.15. The molecular formula is C14H19NO. The summed E-state index contributed by atoms with van der Waals surface area (Å²) in [4.78, 5) is 13.1. The van der Waals surface area contributed by atoms with Crippen molar-refractivity contribution >= 4 is 5.91 Å². The Kier molecular flexibility index (Phi) is 4.29. The molecule has 2 heteroatoms. The van der Waals surface area contributed by atoms with E-state index in [-0.39, 0.29) is 5.91 Å². The lowest BCUT2D eigenvalue weighted by Crippen LogP contribution is -2.22. The molecule has 0 atom stereocenters. The number of carbonyl (C=O) groups is 1. The van der Waals surface area contributed by atoms with E-state index < -0.39 is 0 Å². The maximum absolute atomic E-state index is 11.4. The molecule has 0 aliphatic carbocycles. The van der Waals surface area contributed by atoms with Crippen LogP contribution in [0.15, 0.2) is 30.5 Å². The van der Waals surface area contributed by atoms with Gasteiger partial charge in [0.2, 0.25) is 5.91 Å². The van der Waals surface area contributed by atoms with Gasteiger partial charge >= 0.3 is 0 Å². The second kappa shape index (κ2) is 5.50. The fraction of sp³-hybridized carbons (Fsp3) is 0.357. The first-order valence-corrected chi connectivity index (χ1v) is 5.51. The zero-order chi connectivity index (χ0) is 12.1. The number of hydrogen-bond donors (Lipinski definition) is 0. The third-order valence-corrected chi connectivity index (χ3v) is 2.79. The molecule has 1 rings (SSSR count). The van der Waals surface area contributed by atoms with Gasteiger partial charge in [-0.1, -0.05) is 24.3 Å². The largest absolute Gasteiger partial charge is 0.315 e. The van der Waals surface area contributed by atoms with Crippen molar-refractivity contribution in [3.05, 3.63) is 47.2 Å². The number of aryl methyl sites for hydroxylation is 1. The third-order valence-electron chi connectivity index (χ3n) is 2.79. The lowest BCUT2D eigenvalue weighted by atomic mass is 10.0. The summed E-state index contributed by atoms with van der Waals surface area (Å²) in [6, 6.07) is 6.19. The predicted molar refractivity (Wildman–Crippen MR) is 67.0 cm³/mol. The van der Waals surface area contributed by atoms with Crippen molar-refractivity contribution in [2.75, 3.05) is 0 Å². The molecule has 1 amide bonds. The van der Waals surface area contributed by atoms with E-state index in [9.17, 15) is 4.79 Å². The van der Waals surface area contributed by atoms with E-state index in [1.54, 1.807) is 11.8 Å². The van der Waals surface area contributed by atoms with Crippen LogP contribution in [0.5, 0.6) is 0 Å². The van der Waals surface area contributed by atoms with Crippen molar-refractivity contribution in [1.82, 2.24) is 4.90 Å². The zero-order valence-corrected chi connectivity index (χ0v) is 10.4. The van der Waals surface area contributed by atoms with E-state index in [0.717, 1.165) is 0 Å². The third kappa shape index (κ3) is 2.96. The molecule has 0 saturated heterocycles. The number of allylic oxidation sites excluding steroid dienone is 1. The van der Waals surface area contributed by atoms with Crippen molar-refractivity contribution in [2.45, 2.75) is 34.2 Å². The molecule has 0 fully saturated rings. The van der Waals surface area contributed by atoms with Gasteiger partial charge in [-0.05, 0) is 37.5 Å². The standard InChI is InChI=1S/C14H19NO/c1-5-9-15(13(4)16)10-14-8-6-7-11(2)12(14)3/h5-9H,10H2,1-4H3/b9-5-. The number of hydrogen-bond acceptors (Lipinski definition) is 1. The molecule has 0 heterocycles. The maximum atomic E-state index is 11.4. The van der Waals surface area contributed by atoms with Gasteiger partial charge in [-0.25, -0.2) is 0 Å². The molecule has 0 aromatic heterocycles. The summed E-state index contributed by atoms with van der Waals surface area (Å²) in [7, 11) is 0. The molecule has 1 aromatic carbocycles. The van der Waals surface area contributed by atoms with Gasteiger partial charge in [0.05, 0.1) is 6.54 Å². The Labute approximate surface area is 97.6 Å². The molecule has 0 aliphatic heterocycles. The number of nitrogens with zero attached hydrogens (tertiary/aromatic N) is 1. The van der Waals surface area contributed by atoms with Crippen LogP contribution in [0.25, 0.3) is 0 Å². The molecule has 0 radical (unpaired) electrons. The first-order valence-electron chi connectivity index (χ1n) is 5.51. The lowest BCUT2D eigenvalue weighted by Gasteiger charge is -2.18. The summed E-state index contributed by atoms with van der Waals surface area (Å²) in [5.74, 6) is 0.0685. The first-order chi connectivity index (χ1) is 7.56. The summed E-state index contributed by atoms with van der Waals surface area (Å²) in [5.41, 5.74) is 3.73. The van der Waals surface area contributed by atoms with Crippen LogP contribution in [0.4, 0.5) is 0 Å². The molecule has 86 valence electrons. The smallest absolute Gasteiger partial charge is 0.223 e. The number of benzene rings is 1. The van der Waals surface area contributed by atoms with Crippen molar-refractivity contribution in [3.8, 4) is 0 Å². The minimum Gasteiger partial charge on any atom is -0.315 e. The predicted octanol–water partition coefficient (Wildman–Crippen LogP) is 3.19. The summed E-state index contributed by atoms with van der Waals surface area (Å²) < 4.78 is 0. The molecule has 2 nitrogen and oxygen atoms in total. The Hall–Kier alpha value is -1.57. The second-order valence-corrected chi connectivity index (χ2v) is 3.99. The van der Waals surface area contributed by atoms with Crippen LogP contribution in [-0.2, 0) is 11.3 Å². The van der Waals surface area contributed by atoms with Crippen LogP contribution in [0.1, 0.15) is 30.5 Å². The minimum absolute atomic E-state index is 0.0685. The highest BCUT2D eigenvalue weighted by Gasteiger charge is 2.08. The molecule has 16 heavy (non-hydrogen) atoms. The fourth-order valence-electron chi connectivity index (χ4n) is 1.62. The Bertz CT molecular complexity index is 407. The van der Waals surface area contributed by atoms with Crippen LogP contribution in [-0.4, -0.2) is 10.8 Å². The van der Waals surface area contributed by atoms with Gasteiger partial charge in [0.1, 0.15) is 0 Å². The van der Waals surface area contributed by atoms with Crippen LogP contribution in [0, 0.1) is 13.8 Å². The summed E-state index contributed by atoms with van der Waals surface area (Å²) in [6.07, 6.45) is 3.70. The molecule has 0 N–H and O–H groups in total. The SMILES string of the molecule is C/C=C\N(Cc1cccc(C)c1C)C(C)=O. The quantitative estimate of drug-likeness (QED) is 0.761. The van der Waals surface area contributed by atoms with Gasteiger partial charge in [0.15, 0.2) is 0 Å². The monoisotopic (exact) mass is 217 g/mol. The second-order valence-electron chi connectivity index (χ2n) is 3.99. The van der Waals surface area contributed by atoms with Crippen LogP contribution in [0.2, 0.25) is 0 Å². The van der Waals surface area contributed by atoms with E-state index in [1.165, 1.54) is 16.7 Å². The number of rotatable bonds is 3. The van der Waals surface area contributed by atoms with Crippen molar-refractivity contribution in [1.29, 1.82) is 0 Å². The van der Waals surface area contributed by atoms with E-state index >= 15 is 0 Å². The molecule has 0 spiro atoms. The van der Waals surface area contributed by atoms with Gasteiger partial charge in [-0.2, -0.15) is 0 Å². The molecule has 0 aliphatic rings. The summed E-state index contributed by atoms with van der Waals surface area (Å²) >= 11 is 0. The van der Waals surface area contributed by atoms with E-state index in [1.807, 2.05) is 25.3 Å². The van der Waals surface area contributed by atoms with E-state index in [2.05, 4.69) is 26.0 Å². The maximum Gasteiger partial charge on any atom is 0.223 e. The van der Waals surface area contributed by atoms with Crippen LogP contribution in [0.3, 0.4) is 0 Å². The average molecular weight is 217 g/mol. The normalized spacial score (nSPS) is 10.8. The van der Waals surface area contributed by atoms with Gasteiger partial charge in [0, 0.05) is 13.1 Å². The number of amides is 1. The Morgan fingerprint density at radius 2 is 2.06 bits per heavy atom. The highest BCUT2D eigenvalue weighted by molar-refractivity contribution is 5.74. The zero-order valence-electron chi connectivity index (χ0n) is 10.4. The van der Waals surface area contributed by atoms with Crippen LogP contribution >= 0.6 is 0 Å². The summed E-state index contributed by atoms with van der Waals surface area (Å²) in [5, 5.41) is 0. The Balaban J connectivity index is 2.94. The van der Waals surface area contributed by atoms with Crippen molar-refractivity contribution < 1.29 is 4.79 Å². The molecule has 0 unspecified atom stereocenters. The average Bonchev–Trinajstić information content (AvgIpc) is 2.23. The van der Waals surface area contributed by atoms with Crippen molar-refractivity contribution in [2.24, 2.45) is 0 Å². The van der Waals surface area contributed by atoms with Gasteiger partial charge in [-0.15, -0.1) is 0 Å². The molecule has 0 saturated carbocycles. The Morgan fingerprint density at radius 1 is 1.38 bits per heavy atom. The van der Waals surface area contributed by atoms with Crippen molar-refractivity contribution in [3.63, 3.8) is 0 Å². The fourth-order valence-corrected chi connectivity index (χ4v) is 1.62. The van der Waals surface area contributed by atoms with E-state index in [4.69, 9.17) is 0 Å². The van der Waals surface area contributed by atoms with Gasteiger partial charge in [-0.3, -0.25) is 4.79 Å². The topological polar surface area (TPSA) is 20.3 Å².